The molecule has 0 heterocycles. The second-order valence-electron chi connectivity index (χ2n) is 9.96. The first kappa shape index (κ1) is 26.0. The summed E-state index contributed by atoms with van der Waals surface area (Å²) in [5.74, 6) is -0.100. The molecule has 1 aliphatic rings. The smallest absolute Gasteiger partial charge is 0.408 e. The number of ketones is 1. The van der Waals surface area contributed by atoms with Crippen LogP contribution in [0.25, 0.3) is 0 Å². The lowest BCUT2D eigenvalue weighted by Gasteiger charge is -2.39. The molecule has 2 unspecified atom stereocenters. The van der Waals surface area contributed by atoms with Crippen molar-refractivity contribution in [1.29, 1.82) is 0 Å². The van der Waals surface area contributed by atoms with Crippen LogP contribution in [-0.4, -0.2) is 62.0 Å². The largest absolute Gasteiger partial charge is 0.467 e. The average molecular weight is 448 g/mol. The molecule has 1 N–H and O–H groups in total. The summed E-state index contributed by atoms with van der Waals surface area (Å²) in [5, 5.41) is 2.56. The molecule has 0 aromatic carbocycles. The SMILES string of the molecule is COC(=O)C(CSC1CC(=O)C[C@H]1O[Si](C)(C)C(C)(C)C)NC(=O)OC(C)(C)C. The molecule has 1 amide bonds. The van der Waals surface area contributed by atoms with Gasteiger partial charge in [0.15, 0.2) is 8.32 Å². The minimum atomic E-state index is -2.03. The Labute approximate surface area is 180 Å². The molecular weight excluding hydrogens is 410 g/mol. The van der Waals surface area contributed by atoms with Crippen LogP contribution in [0.4, 0.5) is 4.79 Å². The van der Waals surface area contributed by atoms with Crippen molar-refractivity contribution in [3.63, 3.8) is 0 Å². The molecule has 3 atom stereocenters. The summed E-state index contributed by atoms with van der Waals surface area (Å²) in [6.07, 6.45) is -0.0464. The zero-order chi connectivity index (χ0) is 22.6. The predicted molar refractivity (Wildman–Crippen MR) is 118 cm³/mol. The van der Waals surface area contributed by atoms with Gasteiger partial charge in [0.05, 0.1) is 13.2 Å². The molecule has 1 fully saturated rings. The number of nitrogens with one attached hydrogen (secondary N) is 1. The number of Topliss-reactive ketones (excluding diaryl/α,β-unsaturated/α-hetero) is 1. The van der Waals surface area contributed by atoms with Gasteiger partial charge in [-0.1, -0.05) is 20.8 Å². The van der Waals surface area contributed by atoms with Crippen LogP contribution in [0.3, 0.4) is 0 Å². The predicted octanol–water partition coefficient (Wildman–Crippen LogP) is 3.91. The highest BCUT2D eigenvalue weighted by Crippen LogP contribution is 2.41. The molecule has 1 saturated carbocycles. The third-order valence-electron chi connectivity index (χ3n) is 5.18. The zero-order valence-corrected chi connectivity index (χ0v) is 21.0. The topological polar surface area (TPSA) is 90.9 Å². The Morgan fingerprint density at radius 3 is 2.24 bits per heavy atom. The number of thioether (sulfide) groups is 1. The lowest BCUT2D eigenvalue weighted by atomic mass is 10.2. The van der Waals surface area contributed by atoms with Crippen molar-refractivity contribution in [2.75, 3.05) is 12.9 Å². The third-order valence-corrected chi connectivity index (χ3v) is 11.1. The van der Waals surface area contributed by atoms with Gasteiger partial charge in [-0.15, -0.1) is 0 Å². The van der Waals surface area contributed by atoms with E-state index < -0.39 is 32.0 Å². The van der Waals surface area contributed by atoms with Gasteiger partial charge in [-0.25, -0.2) is 9.59 Å². The van der Waals surface area contributed by atoms with E-state index in [2.05, 4.69) is 39.2 Å². The number of carbonyl (C=O) groups is 3. The molecule has 0 spiro atoms. The number of hydrogen-bond donors (Lipinski definition) is 1. The number of rotatable bonds is 7. The van der Waals surface area contributed by atoms with Crippen molar-refractivity contribution in [1.82, 2.24) is 5.32 Å². The molecule has 9 heteroatoms. The highest BCUT2D eigenvalue weighted by Gasteiger charge is 2.44. The monoisotopic (exact) mass is 447 g/mol. The molecule has 168 valence electrons. The summed E-state index contributed by atoms with van der Waals surface area (Å²) in [7, 11) is -0.749. The van der Waals surface area contributed by atoms with Gasteiger partial charge in [0, 0.05) is 23.8 Å². The van der Waals surface area contributed by atoms with E-state index in [1.807, 2.05) is 0 Å². The second-order valence-corrected chi connectivity index (χ2v) is 16.0. The molecule has 1 rings (SSSR count). The van der Waals surface area contributed by atoms with Crippen molar-refractivity contribution < 1.29 is 28.3 Å². The van der Waals surface area contributed by atoms with Gasteiger partial charge in [-0.3, -0.25) is 4.79 Å². The van der Waals surface area contributed by atoms with Crippen molar-refractivity contribution >= 4 is 37.9 Å². The fourth-order valence-electron chi connectivity index (χ4n) is 2.61. The molecule has 1 aliphatic carbocycles. The van der Waals surface area contributed by atoms with E-state index in [1.54, 1.807) is 20.8 Å². The Balaban J connectivity index is 2.79. The molecule has 0 saturated heterocycles. The van der Waals surface area contributed by atoms with Crippen LogP contribution in [0, 0.1) is 0 Å². The maximum absolute atomic E-state index is 12.1. The second kappa shape index (κ2) is 9.83. The molecule has 0 aliphatic heterocycles. The van der Waals surface area contributed by atoms with Crippen LogP contribution >= 0.6 is 11.8 Å². The van der Waals surface area contributed by atoms with E-state index in [0.29, 0.717) is 12.8 Å². The van der Waals surface area contributed by atoms with Crippen molar-refractivity contribution in [2.24, 2.45) is 0 Å². The Bertz CT molecular complexity index is 611. The van der Waals surface area contributed by atoms with Crippen LogP contribution in [0.15, 0.2) is 0 Å². The minimum absolute atomic E-state index is 0.0423. The van der Waals surface area contributed by atoms with Crippen LogP contribution in [-0.2, 0) is 23.5 Å². The lowest BCUT2D eigenvalue weighted by Crippen LogP contribution is -2.47. The molecule has 0 bridgehead atoms. The standard InChI is InChI=1S/C20H37NO6SSi/c1-19(2,3)26-18(24)21-14(17(23)25-7)12-28-16-11-13(22)10-15(16)27-29(8,9)20(4,5)6/h14-16H,10-12H2,1-9H3,(H,21,24)/t14?,15-,16?/m1/s1. The van der Waals surface area contributed by atoms with Gasteiger partial charge in [-0.2, -0.15) is 11.8 Å². The molecule has 29 heavy (non-hydrogen) atoms. The van der Waals surface area contributed by atoms with E-state index in [4.69, 9.17) is 13.9 Å². The van der Waals surface area contributed by atoms with Gasteiger partial charge in [0.2, 0.25) is 0 Å². The first-order valence-corrected chi connectivity index (χ1v) is 13.9. The third kappa shape index (κ3) is 8.30. The number of carbonyl (C=O) groups excluding carboxylic acids is 3. The van der Waals surface area contributed by atoms with Gasteiger partial charge in [0.1, 0.15) is 17.4 Å². The van der Waals surface area contributed by atoms with E-state index in [1.165, 1.54) is 18.9 Å². The fourth-order valence-corrected chi connectivity index (χ4v) is 5.40. The van der Waals surface area contributed by atoms with E-state index in [0.717, 1.165) is 0 Å². The maximum Gasteiger partial charge on any atom is 0.408 e. The van der Waals surface area contributed by atoms with Gasteiger partial charge in [0.25, 0.3) is 0 Å². The Morgan fingerprint density at radius 2 is 1.76 bits per heavy atom. The Morgan fingerprint density at radius 1 is 1.17 bits per heavy atom. The van der Waals surface area contributed by atoms with E-state index in [-0.39, 0.29) is 27.9 Å². The summed E-state index contributed by atoms with van der Waals surface area (Å²) in [5.41, 5.74) is -0.669. The maximum atomic E-state index is 12.1. The number of amides is 1. The zero-order valence-electron chi connectivity index (χ0n) is 19.2. The number of ether oxygens (including phenoxy) is 2. The Hall–Kier alpha value is -1.06. The average Bonchev–Trinajstić information content (AvgIpc) is 2.86. The number of hydrogen-bond acceptors (Lipinski definition) is 7. The highest BCUT2D eigenvalue weighted by atomic mass is 32.2. The molecule has 0 radical (unpaired) electrons. The van der Waals surface area contributed by atoms with E-state index in [9.17, 15) is 14.4 Å². The summed E-state index contributed by atoms with van der Waals surface area (Å²) < 4.78 is 16.5. The van der Waals surface area contributed by atoms with Crippen LogP contribution in [0.1, 0.15) is 54.4 Å². The lowest BCUT2D eigenvalue weighted by molar-refractivity contribution is -0.142. The van der Waals surface area contributed by atoms with Crippen molar-refractivity contribution in [3.05, 3.63) is 0 Å². The molecule has 7 nitrogen and oxygen atoms in total. The number of methoxy groups -OCH3 is 1. The van der Waals surface area contributed by atoms with E-state index >= 15 is 0 Å². The number of alkyl carbamates (subject to hydrolysis) is 1. The fraction of sp³-hybridized carbons (Fsp3) is 0.850. The van der Waals surface area contributed by atoms with Crippen molar-refractivity contribution in [3.8, 4) is 0 Å². The van der Waals surface area contributed by atoms with Crippen LogP contribution < -0.4 is 5.32 Å². The first-order valence-electron chi connectivity index (χ1n) is 9.94. The summed E-state index contributed by atoms with van der Waals surface area (Å²) in [6.45, 7) is 16.1. The van der Waals surface area contributed by atoms with Gasteiger partial charge >= 0.3 is 12.1 Å². The summed E-state index contributed by atoms with van der Waals surface area (Å²) in [4.78, 5) is 36.3. The van der Waals surface area contributed by atoms with Crippen LogP contribution in [0.2, 0.25) is 18.1 Å². The number of esters is 1. The van der Waals surface area contributed by atoms with Crippen molar-refractivity contribution in [2.45, 2.75) is 95.5 Å². The minimum Gasteiger partial charge on any atom is -0.467 e. The molecule has 0 aromatic heterocycles. The molecular formula is C20H37NO6SSi. The van der Waals surface area contributed by atoms with Gasteiger partial charge < -0.3 is 19.2 Å². The quantitative estimate of drug-likeness (QED) is 0.467. The highest BCUT2D eigenvalue weighted by molar-refractivity contribution is 8.00. The van der Waals surface area contributed by atoms with Gasteiger partial charge in [-0.05, 0) is 38.9 Å². The Kier molecular flexibility index (Phi) is 8.80. The first-order chi connectivity index (χ1) is 13.1. The normalized spacial score (nSPS) is 21.6. The van der Waals surface area contributed by atoms with Crippen LogP contribution in [0.5, 0.6) is 0 Å². The summed E-state index contributed by atoms with van der Waals surface area (Å²) in [6, 6.07) is -0.857. The molecule has 0 aromatic rings. The summed E-state index contributed by atoms with van der Waals surface area (Å²) >= 11 is 1.46.